The second-order valence-corrected chi connectivity index (χ2v) is 4.59. The van der Waals surface area contributed by atoms with Crippen molar-refractivity contribution in [3.8, 4) is 5.75 Å². The van der Waals surface area contributed by atoms with Crippen LogP contribution in [0.2, 0.25) is 0 Å². The quantitative estimate of drug-likeness (QED) is 0.661. The summed E-state index contributed by atoms with van der Waals surface area (Å²) in [7, 11) is 1.53. The Morgan fingerprint density at radius 2 is 2.25 bits per heavy atom. The lowest BCUT2D eigenvalue weighted by Gasteiger charge is -2.19. The van der Waals surface area contributed by atoms with Crippen LogP contribution in [0.4, 0.5) is 11.4 Å². The molecule has 0 radical (unpaired) electrons. The van der Waals surface area contributed by atoms with Gasteiger partial charge >= 0.3 is 5.97 Å². The normalized spacial score (nSPS) is 18.2. The van der Waals surface area contributed by atoms with Gasteiger partial charge in [-0.05, 0) is 25.1 Å². The van der Waals surface area contributed by atoms with Gasteiger partial charge in [-0.2, -0.15) is 0 Å². The van der Waals surface area contributed by atoms with Crippen molar-refractivity contribution in [2.45, 2.75) is 13.3 Å². The number of rotatable bonds is 4. The molecule has 0 aromatic heterocycles. The van der Waals surface area contributed by atoms with Gasteiger partial charge in [0.15, 0.2) is 0 Å². The molecule has 20 heavy (non-hydrogen) atoms. The minimum atomic E-state index is -0.436. The van der Waals surface area contributed by atoms with Crippen LogP contribution in [0.15, 0.2) is 18.2 Å². The SMILES string of the molecule is CCOC(=O)C1CC(=O)N(c2cc(N)ccc2OC)C1. The molecule has 0 aliphatic carbocycles. The van der Waals surface area contributed by atoms with Gasteiger partial charge < -0.3 is 20.1 Å². The number of benzene rings is 1. The molecular weight excluding hydrogens is 260 g/mol. The highest BCUT2D eigenvalue weighted by Gasteiger charge is 2.37. The molecule has 1 atom stereocenters. The van der Waals surface area contributed by atoms with Crippen LogP contribution in [0.5, 0.6) is 5.75 Å². The van der Waals surface area contributed by atoms with E-state index in [0.29, 0.717) is 23.7 Å². The smallest absolute Gasteiger partial charge is 0.311 e. The third-order valence-corrected chi connectivity index (χ3v) is 3.24. The molecule has 0 spiro atoms. The van der Waals surface area contributed by atoms with Crippen LogP contribution < -0.4 is 15.4 Å². The van der Waals surface area contributed by atoms with E-state index in [-0.39, 0.29) is 24.8 Å². The first-order valence-electron chi connectivity index (χ1n) is 6.47. The van der Waals surface area contributed by atoms with Crippen LogP contribution >= 0.6 is 0 Å². The Labute approximate surface area is 117 Å². The number of hydrogen-bond acceptors (Lipinski definition) is 5. The second-order valence-electron chi connectivity index (χ2n) is 4.59. The number of carbonyl (C=O) groups excluding carboxylic acids is 2. The zero-order valence-electron chi connectivity index (χ0n) is 11.6. The molecule has 2 N–H and O–H groups in total. The van der Waals surface area contributed by atoms with E-state index < -0.39 is 5.92 Å². The van der Waals surface area contributed by atoms with Crippen molar-refractivity contribution in [1.29, 1.82) is 0 Å². The molecule has 0 bridgehead atoms. The van der Waals surface area contributed by atoms with E-state index in [2.05, 4.69) is 0 Å². The fourth-order valence-electron chi connectivity index (χ4n) is 2.28. The van der Waals surface area contributed by atoms with E-state index in [1.807, 2.05) is 0 Å². The summed E-state index contributed by atoms with van der Waals surface area (Å²) in [6.07, 6.45) is 0.150. The molecule has 0 saturated carbocycles. The number of ether oxygens (including phenoxy) is 2. The molecule has 1 fully saturated rings. The summed E-state index contributed by atoms with van der Waals surface area (Å²) in [4.78, 5) is 25.4. The van der Waals surface area contributed by atoms with Gasteiger partial charge in [0.1, 0.15) is 5.75 Å². The van der Waals surface area contributed by atoms with Gasteiger partial charge in [-0.3, -0.25) is 9.59 Å². The number of esters is 1. The molecule has 108 valence electrons. The second kappa shape index (κ2) is 5.81. The van der Waals surface area contributed by atoms with Crippen molar-refractivity contribution < 1.29 is 19.1 Å². The summed E-state index contributed by atoms with van der Waals surface area (Å²) in [5.41, 5.74) is 6.87. The highest BCUT2D eigenvalue weighted by Crippen LogP contribution is 2.34. The van der Waals surface area contributed by atoms with Gasteiger partial charge in [-0.1, -0.05) is 0 Å². The first-order chi connectivity index (χ1) is 9.56. The lowest BCUT2D eigenvalue weighted by molar-refractivity contribution is -0.147. The summed E-state index contributed by atoms with van der Waals surface area (Å²) in [6.45, 7) is 2.34. The van der Waals surface area contributed by atoms with E-state index in [1.54, 1.807) is 25.1 Å². The largest absolute Gasteiger partial charge is 0.495 e. The Kier molecular flexibility index (Phi) is 4.12. The van der Waals surface area contributed by atoms with E-state index in [0.717, 1.165) is 0 Å². The number of methoxy groups -OCH3 is 1. The number of hydrogen-bond donors (Lipinski definition) is 1. The van der Waals surface area contributed by atoms with Gasteiger partial charge in [0.2, 0.25) is 5.91 Å². The van der Waals surface area contributed by atoms with Crippen LogP contribution in [-0.2, 0) is 14.3 Å². The fraction of sp³-hybridized carbons (Fsp3) is 0.429. The molecule has 1 aromatic carbocycles. The Bertz CT molecular complexity index is 530. The Hall–Kier alpha value is -2.24. The van der Waals surface area contributed by atoms with Crippen molar-refractivity contribution in [3.63, 3.8) is 0 Å². The zero-order valence-corrected chi connectivity index (χ0v) is 11.6. The molecular formula is C14H18N2O4. The van der Waals surface area contributed by atoms with E-state index in [9.17, 15) is 9.59 Å². The van der Waals surface area contributed by atoms with E-state index in [1.165, 1.54) is 12.0 Å². The van der Waals surface area contributed by atoms with Crippen LogP contribution in [0.1, 0.15) is 13.3 Å². The van der Waals surface area contributed by atoms with Crippen molar-refractivity contribution in [2.24, 2.45) is 5.92 Å². The fourth-order valence-corrected chi connectivity index (χ4v) is 2.28. The average Bonchev–Trinajstić information content (AvgIpc) is 2.81. The van der Waals surface area contributed by atoms with Gasteiger partial charge in [0, 0.05) is 18.7 Å². The van der Waals surface area contributed by atoms with Gasteiger partial charge in [0.25, 0.3) is 0 Å². The molecule has 1 aliphatic rings. The van der Waals surface area contributed by atoms with Crippen molar-refractivity contribution >= 4 is 23.3 Å². The van der Waals surface area contributed by atoms with E-state index >= 15 is 0 Å². The Balaban J connectivity index is 2.24. The number of nitrogens with zero attached hydrogens (tertiary/aromatic N) is 1. The average molecular weight is 278 g/mol. The monoisotopic (exact) mass is 278 g/mol. The summed E-state index contributed by atoms with van der Waals surface area (Å²) in [5.74, 6) is -0.358. The zero-order chi connectivity index (χ0) is 14.7. The number of carbonyl (C=O) groups is 2. The Morgan fingerprint density at radius 1 is 1.50 bits per heavy atom. The third-order valence-electron chi connectivity index (χ3n) is 3.24. The van der Waals surface area contributed by atoms with Crippen molar-refractivity contribution in [2.75, 3.05) is 30.9 Å². The highest BCUT2D eigenvalue weighted by atomic mass is 16.5. The van der Waals surface area contributed by atoms with E-state index in [4.69, 9.17) is 15.2 Å². The number of nitrogen functional groups attached to an aromatic ring is 1. The maximum atomic E-state index is 12.1. The number of amides is 1. The van der Waals surface area contributed by atoms with Crippen molar-refractivity contribution in [1.82, 2.24) is 0 Å². The highest BCUT2D eigenvalue weighted by molar-refractivity contribution is 6.00. The molecule has 6 heteroatoms. The first kappa shape index (κ1) is 14.2. The van der Waals surface area contributed by atoms with Gasteiger partial charge in [0.05, 0.1) is 25.3 Å². The summed E-state index contributed by atoms with van der Waals surface area (Å²) in [6, 6.07) is 5.08. The predicted octanol–water partition coefficient (Wildman–Crippen LogP) is 1.19. The third kappa shape index (κ3) is 2.68. The summed E-state index contributed by atoms with van der Waals surface area (Å²) < 4.78 is 10.2. The molecule has 1 saturated heterocycles. The number of anilines is 2. The summed E-state index contributed by atoms with van der Waals surface area (Å²) >= 11 is 0. The van der Waals surface area contributed by atoms with Gasteiger partial charge in [-0.15, -0.1) is 0 Å². The standard InChI is InChI=1S/C14H18N2O4/c1-3-20-14(18)9-6-13(17)16(8-9)11-7-10(15)4-5-12(11)19-2/h4-5,7,9H,3,6,8,15H2,1-2H3. The van der Waals surface area contributed by atoms with Crippen LogP contribution in [0, 0.1) is 5.92 Å². The van der Waals surface area contributed by atoms with Gasteiger partial charge in [-0.25, -0.2) is 0 Å². The molecule has 1 heterocycles. The maximum absolute atomic E-state index is 12.1. The van der Waals surface area contributed by atoms with Crippen LogP contribution in [-0.4, -0.2) is 32.1 Å². The summed E-state index contributed by atoms with van der Waals surface area (Å²) in [5, 5.41) is 0. The maximum Gasteiger partial charge on any atom is 0.311 e. The molecule has 1 amide bonds. The molecule has 6 nitrogen and oxygen atoms in total. The number of nitrogens with two attached hydrogens (primary N) is 1. The predicted molar refractivity (Wildman–Crippen MR) is 74.5 cm³/mol. The lowest BCUT2D eigenvalue weighted by Crippen LogP contribution is -2.27. The topological polar surface area (TPSA) is 81.9 Å². The molecule has 1 aromatic rings. The molecule has 1 aliphatic heterocycles. The van der Waals surface area contributed by atoms with Crippen LogP contribution in [0.25, 0.3) is 0 Å². The molecule has 2 rings (SSSR count). The Morgan fingerprint density at radius 3 is 2.90 bits per heavy atom. The first-order valence-corrected chi connectivity index (χ1v) is 6.47. The minimum Gasteiger partial charge on any atom is -0.495 e. The van der Waals surface area contributed by atoms with Crippen LogP contribution in [0.3, 0.4) is 0 Å². The molecule has 1 unspecified atom stereocenters. The van der Waals surface area contributed by atoms with Crippen molar-refractivity contribution in [3.05, 3.63) is 18.2 Å². The minimum absolute atomic E-state index is 0.132. The lowest BCUT2D eigenvalue weighted by atomic mass is 10.1.